The smallest absolute Gasteiger partial charge is 0.0481 e. The minimum atomic E-state index is 0.497. The van der Waals surface area contributed by atoms with Crippen molar-refractivity contribution in [1.29, 1.82) is 0 Å². The summed E-state index contributed by atoms with van der Waals surface area (Å²) in [5.41, 5.74) is 2.78. The molecule has 3 nitrogen and oxygen atoms in total. The van der Waals surface area contributed by atoms with Crippen molar-refractivity contribution in [2.24, 2.45) is 5.92 Å². The molecule has 1 aromatic carbocycles. The van der Waals surface area contributed by atoms with Gasteiger partial charge in [0.1, 0.15) is 0 Å². The number of fused-ring (bicyclic) bond motifs is 1. The number of benzene rings is 1. The lowest BCUT2D eigenvalue weighted by atomic mass is 10.0. The Bertz CT molecular complexity index is 419. The predicted octanol–water partition coefficient (Wildman–Crippen LogP) is 3.05. The van der Waals surface area contributed by atoms with Crippen LogP contribution in [0.5, 0.6) is 0 Å². The lowest BCUT2D eigenvalue weighted by Crippen LogP contribution is -2.45. The fourth-order valence-electron chi connectivity index (χ4n) is 2.86. The molecule has 2 atom stereocenters. The van der Waals surface area contributed by atoms with Crippen LogP contribution in [0.25, 0.3) is 0 Å². The second-order valence-electron chi connectivity index (χ2n) is 6.14. The summed E-state index contributed by atoms with van der Waals surface area (Å²) in [6.07, 6.45) is 1.07. The van der Waals surface area contributed by atoms with Gasteiger partial charge in [-0.15, -0.1) is 0 Å². The first-order chi connectivity index (χ1) is 9.63. The van der Waals surface area contributed by atoms with Crippen molar-refractivity contribution in [3.63, 3.8) is 0 Å². The first kappa shape index (κ1) is 15.3. The van der Waals surface area contributed by atoms with E-state index in [-0.39, 0.29) is 0 Å². The fraction of sp³-hybridized carbons (Fsp3) is 0.647. The van der Waals surface area contributed by atoms with Crippen LogP contribution >= 0.6 is 0 Å². The van der Waals surface area contributed by atoms with Crippen LogP contribution in [0.3, 0.4) is 0 Å². The summed E-state index contributed by atoms with van der Waals surface area (Å²) in [4.78, 5) is 2.55. The number of nitrogens with zero attached hydrogens (tertiary/aromatic N) is 1. The summed E-state index contributed by atoms with van der Waals surface area (Å²) < 4.78 is 5.25. The maximum absolute atomic E-state index is 5.25. The number of methoxy groups -OCH3 is 1. The van der Waals surface area contributed by atoms with Crippen LogP contribution in [0.4, 0.5) is 5.69 Å². The first-order valence-electron chi connectivity index (χ1n) is 7.70. The maximum atomic E-state index is 5.25. The largest absolute Gasteiger partial charge is 0.385 e. The minimum Gasteiger partial charge on any atom is -0.385 e. The van der Waals surface area contributed by atoms with Crippen molar-refractivity contribution in [2.45, 2.75) is 45.8 Å². The highest BCUT2D eigenvalue weighted by molar-refractivity contribution is 5.55. The molecule has 0 spiro atoms. The van der Waals surface area contributed by atoms with Gasteiger partial charge in [0, 0.05) is 44.6 Å². The van der Waals surface area contributed by atoms with Gasteiger partial charge in [0.05, 0.1) is 0 Å². The molecule has 2 unspecified atom stereocenters. The monoisotopic (exact) mass is 276 g/mol. The van der Waals surface area contributed by atoms with Gasteiger partial charge in [0.2, 0.25) is 0 Å². The first-order valence-corrected chi connectivity index (χ1v) is 7.70. The second-order valence-corrected chi connectivity index (χ2v) is 6.14. The van der Waals surface area contributed by atoms with E-state index >= 15 is 0 Å². The zero-order valence-corrected chi connectivity index (χ0v) is 13.2. The number of para-hydroxylation sites is 1. The number of hydrogen-bond donors (Lipinski definition) is 1. The van der Waals surface area contributed by atoms with Crippen LogP contribution in [0, 0.1) is 5.92 Å². The standard InChI is InChI=1S/C17H28N2O/c1-13(2)16-12-19(14(3)9-10-20-4)17-8-6-5-7-15(17)11-18-16/h5-8,13-14,16,18H,9-12H2,1-4H3. The van der Waals surface area contributed by atoms with Crippen molar-refractivity contribution in [3.8, 4) is 0 Å². The van der Waals surface area contributed by atoms with Gasteiger partial charge in [-0.25, -0.2) is 0 Å². The van der Waals surface area contributed by atoms with Crippen molar-refractivity contribution in [3.05, 3.63) is 29.8 Å². The minimum absolute atomic E-state index is 0.497. The van der Waals surface area contributed by atoms with Gasteiger partial charge in [0.25, 0.3) is 0 Å². The molecule has 112 valence electrons. The molecular weight excluding hydrogens is 248 g/mol. The molecule has 2 rings (SSSR count). The van der Waals surface area contributed by atoms with E-state index in [1.807, 2.05) is 0 Å². The summed E-state index contributed by atoms with van der Waals surface area (Å²) in [5.74, 6) is 0.640. The van der Waals surface area contributed by atoms with E-state index in [0.29, 0.717) is 18.0 Å². The number of nitrogens with one attached hydrogen (secondary N) is 1. The van der Waals surface area contributed by atoms with Gasteiger partial charge in [0.15, 0.2) is 0 Å². The summed E-state index contributed by atoms with van der Waals surface area (Å²) in [6.45, 7) is 9.75. The van der Waals surface area contributed by atoms with E-state index in [4.69, 9.17) is 4.74 Å². The van der Waals surface area contributed by atoms with Gasteiger partial charge in [-0.3, -0.25) is 0 Å². The topological polar surface area (TPSA) is 24.5 Å². The summed E-state index contributed by atoms with van der Waals surface area (Å²) >= 11 is 0. The second kappa shape index (κ2) is 7.09. The highest BCUT2D eigenvalue weighted by Gasteiger charge is 2.26. The molecule has 0 aliphatic carbocycles. The van der Waals surface area contributed by atoms with Gasteiger partial charge >= 0.3 is 0 Å². The molecule has 0 bridgehead atoms. The van der Waals surface area contributed by atoms with E-state index in [0.717, 1.165) is 26.1 Å². The summed E-state index contributed by atoms with van der Waals surface area (Å²) in [5, 5.41) is 3.71. The molecule has 1 N–H and O–H groups in total. The molecule has 1 aliphatic rings. The Morgan fingerprint density at radius 3 is 2.75 bits per heavy atom. The van der Waals surface area contributed by atoms with E-state index in [2.05, 4.69) is 55.3 Å². The Balaban J connectivity index is 2.23. The van der Waals surface area contributed by atoms with Crippen LogP contribution in [0.15, 0.2) is 24.3 Å². The molecule has 0 radical (unpaired) electrons. The number of ether oxygens (including phenoxy) is 1. The Morgan fingerprint density at radius 1 is 1.30 bits per heavy atom. The lowest BCUT2D eigenvalue weighted by molar-refractivity contribution is 0.188. The molecule has 3 heteroatoms. The molecule has 0 saturated carbocycles. The number of hydrogen-bond acceptors (Lipinski definition) is 3. The van der Waals surface area contributed by atoms with Gasteiger partial charge < -0.3 is 15.0 Å². The summed E-state index contributed by atoms with van der Waals surface area (Å²) in [7, 11) is 1.78. The van der Waals surface area contributed by atoms with Crippen molar-refractivity contribution < 1.29 is 4.74 Å². The molecule has 0 aromatic heterocycles. The Morgan fingerprint density at radius 2 is 2.05 bits per heavy atom. The number of rotatable bonds is 5. The van der Waals surface area contributed by atoms with E-state index in [1.54, 1.807) is 7.11 Å². The quantitative estimate of drug-likeness (QED) is 0.894. The zero-order valence-electron chi connectivity index (χ0n) is 13.2. The SMILES string of the molecule is COCCC(C)N1CC(C(C)C)NCc2ccccc21. The molecule has 1 heterocycles. The average Bonchev–Trinajstić information content (AvgIpc) is 2.64. The van der Waals surface area contributed by atoms with Crippen LogP contribution < -0.4 is 10.2 Å². The van der Waals surface area contributed by atoms with Gasteiger partial charge in [-0.1, -0.05) is 32.0 Å². The number of anilines is 1. The summed E-state index contributed by atoms with van der Waals surface area (Å²) in [6, 6.07) is 9.80. The van der Waals surface area contributed by atoms with Crippen LogP contribution in [0.2, 0.25) is 0 Å². The van der Waals surface area contributed by atoms with Crippen LogP contribution in [-0.4, -0.2) is 32.3 Å². The Hall–Kier alpha value is -1.06. The molecule has 0 amide bonds. The van der Waals surface area contributed by atoms with Crippen molar-refractivity contribution in [1.82, 2.24) is 5.32 Å². The highest BCUT2D eigenvalue weighted by atomic mass is 16.5. The third-order valence-electron chi connectivity index (χ3n) is 4.33. The van der Waals surface area contributed by atoms with Gasteiger partial charge in [-0.05, 0) is 30.9 Å². The van der Waals surface area contributed by atoms with Gasteiger partial charge in [-0.2, -0.15) is 0 Å². The predicted molar refractivity (Wildman–Crippen MR) is 85.2 cm³/mol. The Labute approximate surface area is 123 Å². The van der Waals surface area contributed by atoms with Crippen molar-refractivity contribution in [2.75, 3.05) is 25.2 Å². The molecule has 1 aliphatic heterocycles. The molecular formula is C17H28N2O. The van der Waals surface area contributed by atoms with Crippen LogP contribution in [-0.2, 0) is 11.3 Å². The third kappa shape index (κ3) is 3.53. The Kier molecular flexibility index (Phi) is 5.44. The molecule has 1 aromatic rings. The average molecular weight is 276 g/mol. The van der Waals surface area contributed by atoms with Crippen LogP contribution in [0.1, 0.15) is 32.8 Å². The highest BCUT2D eigenvalue weighted by Crippen LogP contribution is 2.27. The maximum Gasteiger partial charge on any atom is 0.0481 e. The van der Waals surface area contributed by atoms with E-state index in [1.165, 1.54) is 11.3 Å². The third-order valence-corrected chi connectivity index (χ3v) is 4.33. The van der Waals surface area contributed by atoms with E-state index < -0.39 is 0 Å². The fourth-order valence-corrected chi connectivity index (χ4v) is 2.86. The molecule has 20 heavy (non-hydrogen) atoms. The molecule has 0 saturated heterocycles. The molecule has 0 fully saturated rings. The lowest BCUT2D eigenvalue weighted by Gasteiger charge is -2.34. The van der Waals surface area contributed by atoms with E-state index in [9.17, 15) is 0 Å². The van der Waals surface area contributed by atoms with Crippen molar-refractivity contribution >= 4 is 5.69 Å². The normalized spacial score (nSPS) is 20.6. The zero-order chi connectivity index (χ0) is 14.5.